The van der Waals surface area contributed by atoms with E-state index in [1.54, 1.807) is 6.20 Å². The Labute approximate surface area is 99.0 Å². The van der Waals surface area contributed by atoms with E-state index in [4.69, 9.17) is 5.73 Å². The summed E-state index contributed by atoms with van der Waals surface area (Å²) in [6.45, 7) is 4.35. The predicted octanol–water partition coefficient (Wildman–Crippen LogP) is 2.45. The average molecular weight is 273 g/mol. The molecule has 4 nitrogen and oxygen atoms in total. The smallest absolute Gasteiger partial charge is 0.222 e. The lowest BCUT2D eigenvalue weighted by molar-refractivity contribution is 0.610. The van der Waals surface area contributed by atoms with E-state index in [1.165, 1.54) is 0 Å². The summed E-state index contributed by atoms with van der Waals surface area (Å²) < 4.78 is 0.877. The van der Waals surface area contributed by atoms with Gasteiger partial charge in [0.2, 0.25) is 5.95 Å². The maximum Gasteiger partial charge on any atom is 0.222 e. The van der Waals surface area contributed by atoms with Gasteiger partial charge in [-0.05, 0) is 29.3 Å². The van der Waals surface area contributed by atoms with Crippen LogP contribution in [0.2, 0.25) is 0 Å². The van der Waals surface area contributed by atoms with Gasteiger partial charge in [-0.15, -0.1) is 0 Å². The third kappa shape index (κ3) is 3.06. The second-order valence-corrected chi connectivity index (χ2v) is 4.50. The van der Waals surface area contributed by atoms with Crippen molar-refractivity contribution in [2.45, 2.75) is 32.7 Å². The largest absolute Gasteiger partial charge is 0.368 e. The quantitative estimate of drug-likeness (QED) is 0.915. The minimum atomic E-state index is 0.309. The molecule has 0 fully saturated rings. The number of nitrogen functional groups attached to an aromatic ring is 1. The lowest BCUT2D eigenvalue weighted by Gasteiger charge is -2.26. The van der Waals surface area contributed by atoms with Gasteiger partial charge in [0.05, 0.1) is 4.47 Å². The van der Waals surface area contributed by atoms with Crippen LogP contribution in [0.4, 0.5) is 11.8 Å². The summed E-state index contributed by atoms with van der Waals surface area (Å²) in [5, 5.41) is 0. The first-order valence-corrected chi connectivity index (χ1v) is 5.86. The zero-order chi connectivity index (χ0) is 11.4. The van der Waals surface area contributed by atoms with Crippen molar-refractivity contribution < 1.29 is 0 Å². The van der Waals surface area contributed by atoms with Crippen LogP contribution in [0.1, 0.15) is 26.7 Å². The molecule has 0 radical (unpaired) electrons. The zero-order valence-corrected chi connectivity index (χ0v) is 11.0. The van der Waals surface area contributed by atoms with Crippen LogP contribution in [0.5, 0.6) is 0 Å². The van der Waals surface area contributed by atoms with Gasteiger partial charge in [0, 0.05) is 19.3 Å². The molecule has 1 atom stereocenters. The van der Waals surface area contributed by atoms with Crippen LogP contribution >= 0.6 is 15.9 Å². The van der Waals surface area contributed by atoms with Gasteiger partial charge >= 0.3 is 0 Å². The van der Waals surface area contributed by atoms with Gasteiger partial charge in [0.25, 0.3) is 0 Å². The normalized spacial score (nSPS) is 12.5. The second kappa shape index (κ2) is 5.30. The van der Waals surface area contributed by atoms with E-state index in [1.807, 2.05) is 7.05 Å². The van der Waals surface area contributed by atoms with Crippen molar-refractivity contribution in [3.05, 3.63) is 10.7 Å². The number of anilines is 2. The summed E-state index contributed by atoms with van der Waals surface area (Å²) in [6.07, 6.45) is 3.98. The predicted molar refractivity (Wildman–Crippen MR) is 66.9 cm³/mol. The Morgan fingerprint density at radius 1 is 1.60 bits per heavy atom. The molecule has 0 aliphatic heterocycles. The number of halogens is 1. The Morgan fingerprint density at radius 3 is 2.87 bits per heavy atom. The molecule has 0 aliphatic rings. The Hall–Kier alpha value is -0.840. The molecule has 1 aromatic heterocycles. The summed E-state index contributed by atoms with van der Waals surface area (Å²) in [5.74, 6) is 1.16. The molecule has 0 aliphatic carbocycles. The Morgan fingerprint density at radius 2 is 2.27 bits per heavy atom. The summed E-state index contributed by atoms with van der Waals surface area (Å²) in [6, 6.07) is 0.445. The fourth-order valence-electron chi connectivity index (χ4n) is 1.44. The van der Waals surface area contributed by atoms with Crippen LogP contribution < -0.4 is 10.6 Å². The number of nitrogens with two attached hydrogens (primary N) is 1. The first-order valence-electron chi connectivity index (χ1n) is 5.07. The van der Waals surface area contributed by atoms with Crippen molar-refractivity contribution in [2.75, 3.05) is 17.7 Å². The Kier molecular flexibility index (Phi) is 4.32. The molecule has 0 saturated heterocycles. The molecule has 1 heterocycles. The molecule has 0 aromatic carbocycles. The molecule has 1 aromatic rings. The van der Waals surface area contributed by atoms with Crippen molar-refractivity contribution in [1.29, 1.82) is 0 Å². The summed E-state index contributed by atoms with van der Waals surface area (Å²) in [7, 11) is 2.02. The van der Waals surface area contributed by atoms with E-state index in [0.29, 0.717) is 12.0 Å². The van der Waals surface area contributed by atoms with Crippen molar-refractivity contribution in [2.24, 2.45) is 0 Å². The van der Waals surface area contributed by atoms with E-state index in [-0.39, 0.29) is 0 Å². The van der Waals surface area contributed by atoms with E-state index >= 15 is 0 Å². The molecule has 15 heavy (non-hydrogen) atoms. The number of hydrogen-bond acceptors (Lipinski definition) is 4. The summed E-state index contributed by atoms with van der Waals surface area (Å²) >= 11 is 3.43. The molecule has 84 valence electrons. The van der Waals surface area contributed by atoms with Crippen molar-refractivity contribution in [3.63, 3.8) is 0 Å². The Balaban J connectivity index is 2.89. The topological polar surface area (TPSA) is 55.0 Å². The van der Waals surface area contributed by atoms with E-state index in [2.05, 4.69) is 44.6 Å². The zero-order valence-electron chi connectivity index (χ0n) is 9.37. The highest BCUT2D eigenvalue weighted by molar-refractivity contribution is 9.10. The van der Waals surface area contributed by atoms with Crippen molar-refractivity contribution in [1.82, 2.24) is 9.97 Å². The van der Waals surface area contributed by atoms with E-state index in [9.17, 15) is 0 Å². The van der Waals surface area contributed by atoms with Gasteiger partial charge < -0.3 is 10.6 Å². The number of nitrogens with zero attached hydrogens (tertiary/aromatic N) is 3. The van der Waals surface area contributed by atoms with Gasteiger partial charge in [-0.3, -0.25) is 0 Å². The average Bonchev–Trinajstić information content (AvgIpc) is 2.21. The second-order valence-electron chi connectivity index (χ2n) is 3.65. The SMILES string of the molecule is CCCC(C)N(C)c1nc(N)ncc1Br. The third-order valence-corrected chi connectivity index (χ3v) is 3.01. The van der Waals surface area contributed by atoms with Gasteiger partial charge in [-0.25, -0.2) is 4.98 Å². The molecule has 0 amide bonds. The highest BCUT2D eigenvalue weighted by Crippen LogP contribution is 2.24. The summed E-state index contributed by atoms with van der Waals surface area (Å²) in [4.78, 5) is 10.3. The van der Waals surface area contributed by atoms with Crippen LogP contribution in [0.25, 0.3) is 0 Å². The molecule has 2 N–H and O–H groups in total. The van der Waals surface area contributed by atoms with E-state index < -0.39 is 0 Å². The molecule has 5 heteroatoms. The molecular weight excluding hydrogens is 256 g/mol. The lowest BCUT2D eigenvalue weighted by Crippen LogP contribution is -2.30. The molecule has 1 unspecified atom stereocenters. The van der Waals surface area contributed by atoms with Crippen LogP contribution in [-0.2, 0) is 0 Å². The fraction of sp³-hybridized carbons (Fsp3) is 0.600. The van der Waals surface area contributed by atoms with Crippen LogP contribution in [0, 0.1) is 0 Å². The maximum absolute atomic E-state index is 5.57. The van der Waals surface area contributed by atoms with Crippen LogP contribution in [0.3, 0.4) is 0 Å². The van der Waals surface area contributed by atoms with Crippen molar-refractivity contribution in [3.8, 4) is 0 Å². The highest BCUT2D eigenvalue weighted by atomic mass is 79.9. The first kappa shape index (κ1) is 12.2. The fourth-order valence-corrected chi connectivity index (χ4v) is 1.91. The van der Waals surface area contributed by atoms with E-state index in [0.717, 1.165) is 23.1 Å². The van der Waals surface area contributed by atoms with Gasteiger partial charge in [-0.2, -0.15) is 4.98 Å². The van der Waals surface area contributed by atoms with Gasteiger partial charge in [0.1, 0.15) is 5.82 Å². The molecule has 1 rings (SSSR count). The maximum atomic E-state index is 5.57. The monoisotopic (exact) mass is 272 g/mol. The van der Waals surface area contributed by atoms with Crippen molar-refractivity contribution >= 4 is 27.7 Å². The Bertz CT molecular complexity index is 329. The first-order chi connectivity index (χ1) is 7.06. The molecule has 0 saturated carbocycles. The molecule has 0 bridgehead atoms. The van der Waals surface area contributed by atoms with Gasteiger partial charge in [0.15, 0.2) is 0 Å². The number of aromatic nitrogens is 2. The minimum absolute atomic E-state index is 0.309. The number of hydrogen-bond donors (Lipinski definition) is 1. The minimum Gasteiger partial charge on any atom is -0.368 e. The molecular formula is C10H17BrN4. The van der Waals surface area contributed by atoms with Crippen LogP contribution in [0.15, 0.2) is 10.7 Å². The lowest BCUT2D eigenvalue weighted by atomic mass is 10.2. The third-order valence-electron chi connectivity index (χ3n) is 2.45. The summed E-state index contributed by atoms with van der Waals surface area (Å²) in [5.41, 5.74) is 5.57. The highest BCUT2D eigenvalue weighted by Gasteiger charge is 2.14. The molecule has 0 spiro atoms. The van der Waals surface area contributed by atoms with Crippen LogP contribution in [-0.4, -0.2) is 23.1 Å². The standard InChI is InChI=1S/C10H17BrN4/c1-4-5-7(2)15(3)9-8(11)6-13-10(12)14-9/h6-7H,4-5H2,1-3H3,(H2,12,13,14). The van der Waals surface area contributed by atoms with Gasteiger partial charge in [-0.1, -0.05) is 13.3 Å². The number of rotatable bonds is 4.